The minimum absolute atomic E-state index is 1.04. The highest BCUT2D eigenvalue weighted by atomic mass is 13.8. The van der Waals surface area contributed by atoms with Crippen molar-refractivity contribution < 1.29 is 0 Å². The van der Waals surface area contributed by atoms with E-state index in [0.717, 1.165) is 12.0 Å². The Kier molecular flexibility index (Phi) is 2.70. The van der Waals surface area contributed by atoms with E-state index in [4.69, 9.17) is 6.58 Å². The second-order valence-electron chi connectivity index (χ2n) is 1.60. The summed E-state index contributed by atoms with van der Waals surface area (Å²) < 4.78 is 0. The molecule has 0 bridgehead atoms. The van der Waals surface area contributed by atoms with Crippen molar-refractivity contribution in [1.82, 2.24) is 0 Å². The minimum Gasteiger partial charge on any atom is -0.0649 e. The van der Waals surface area contributed by atoms with Crippen molar-refractivity contribution in [3.63, 3.8) is 0 Å². The highest BCUT2D eigenvalue weighted by Crippen LogP contribution is 1.96. The molecule has 0 aliphatic heterocycles. The summed E-state index contributed by atoms with van der Waals surface area (Å²) in [6.45, 7) is 9.39. The monoisotopic (exact) mass is 83.1 g/mol. The van der Waals surface area contributed by atoms with E-state index >= 15 is 0 Å². The van der Waals surface area contributed by atoms with Crippen LogP contribution in [0.3, 0.4) is 0 Å². The van der Waals surface area contributed by atoms with Gasteiger partial charge in [0.05, 0.1) is 0 Å². The fourth-order valence-electron chi connectivity index (χ4n) is 0.394. The normalized spacial score (nSPS) is 8.17. The molecule has 0 heterocycles. The first-order chi connectivity index (χ1) is 2.77. The van der Waals surface area contributed by atoms with Gasteiger partial charge in [-0.3, -0.25) is 0 Å². The van der Waals surface area contributed by atoms with Crippen LogP contribution in [0.2, 0.25) is 0 Å². The van der Waals surface area contributed by atoms with Gasteiger partial charge in [-0.15, -0.1) is 0 Å². The summed E-state index contributed by atoms with van der Waals surface area (Å²) in [4.78, 5) is 0. The number of hydrogen-bond donors (Lipinski definition) is 0. The van der Waals surface area contributed by atoms with E-state index < -0.39 is 0 Å². The third kappa shape index (κ3) is 3.65. The summed E-state index contributed by atoms with van der Waals surface area (Å²) in [6.07, 6.45) is 2.24. The molecule has 0 aliphatic rings. The third-order valence-electron chi connectivity index (χ3n) is 0.644. The summed E-state index contributed by atoms with van der Waals surface area (Å²) in [5, 5.41) is 0. The van der Waals surface area contributed by atoms with E-state index in [1.807, 2.05) is 6.92 Å². The first-order valence-corrected chi connectivity index (χ1v) is 2.35. The van der Waals surface area contributed by atoms with Crippen molar-refractivity contribution in [3.8, 4) is 0 Å². The Hall–Kier alpha value is -0.350. The van der Waals surface area contributed by atoms with Gasteiger partial charge >= 0.3 is 0 Å². The fraction of sp³-hybridized carbons (Fsp3) is 0.667. The zero-order valence-electron chi connectivity index (χ0n) is 4.49. The van der Waals surface area contributed by atoms with Crippen LogP contribution < -0.4 is 0 Å². The molecular formula is C6H11+. The second kappa shape index (κ2) is 2.87. The minimum atomic E-state index is 1.04. The van der Waals surface area contributed by atoms with Crippen molar-refractivity contribution in [3.05, 3.63) is 12.2 Å². The molecule has 6 heavy (non-hydrogen) atoms. The summed E-state index contributed by atoms with van der Waals surface area (Å²) in [6, 6.07) is 0. The molecule has 0 nitrogen and oxygen atoms in total. The fourth-order valence-corrected chi connectivity index (χ4v) is 0.394. The number of allylic oxidation sites excluding steroid dienone is 1. The summed E-state index contributed by atoms with van der Waals surface area (Å²) >= 11 is 0. The van der Waals surface area contributed by atoms with E-state index in [1.54, 1.807) is 0 Å². The highest BCUT2D eigenvalue weighted by molar-refractivity contribution is 4.82. The first-order valence-electron chi connectivity index (χ1n) is 2.35. The molecule has 0 aromatic heterocycles. The predicted molar refractivity (Wildman–Crippen MR) is 28.4 cm³/mol. The van der Waals surface area contributed by atoms with Crippen LogP contribution in [-0.4, -0.2) is 0 Å². The standard InChI is InChI=1S/C6H11/c1-4-5-6(2)3/h2H,4-5H2,1,3H3/q+1. The van der Waals surface area contributed by atoms with Gasteiger partial charge in [-0.05, 0) is 6.42 Å². The van der Waals surface area contributed by atoms with Gasteiger partial charge in [0.2, 0.25) is 6.58 Å². The molecule has 0 unspecified atom stereocenters. The Morgan fingerprint density at radius 1 is 1.67 bits per heavy atom. The Labute approximate surface area is 39.9 Å². The summed E-state index contributed by atoms with van der Waals surface area (Å²) in [7, 11) is 0. The van der Waals surface area contributed by atoms with Crippen molar-refractivity contribution in [2.24, 2.45) is 0 Å². The quantitative estimate of drug-likeness (QED) is 0.449. The Bertz CT molecular complexity index is 44.0. The average Bonchev–Trinajstić information content (AvgIpc) is 1.35. The molecule has 0 radical (unpaired) electrons. The molecule has 0 aliphatic carbocycles. The van der Waals surface area contributed by atoms with Gasteiger partial charge < -0.3 is 0 Å². The van der Waals surface area contributed by atoms with Gasteiger partial charge in [-0.25, -0.2) is 0 Å². The van der Waals surface area contributed by atoms with Crippen LogP contribution >= 0.6 is 0 Å². The molecule has 0 fully saturated rings. The Balaban J connectivity index is 2.83. The van der Waals surface area contributed by atoms with Gasteiger partial charge in [0.25, 0.3) is 0 Å². The smallest absolute Gasteiger partial charge is 0.0649 e. The molecule has 0 amide bonds. The van der Waals surface area contributed by atoms with E-state index in [2.05, 4.69) is 6.92 Å². The van der Waals surface area contributed by atoms with Crippen LogP contribution in [0, 0.1) is 6.58 Å². The van der Waals surface area contributed by atoms with Crippen molar-refractivity contribution in [1.29, 1.82) is 0 Å². The van der Waals surface area contributed by atoms with Crippen molar-refractivity contribution in [2.45, 2.75) is 26.7 Å². The summed E-state index contributed by atoms with van der Waals surface area (Å²) in [5.41, 5.74) is 1.04. The van der Waals surface area contributed by atoms with E-state index in [9.17, 15) is 0 Å². The van der Waals surface area contributed by atoms with Gasteiger partial charge in [0, 0.05) is 13.3 Å². The zero-order valence-corrected chi connectivity index (χ0v) is 4.49. The largest absolute Gasteiger partial charge is 0.204 e. The molecule has 0 saturated heterocycles. The van der Waals surface area contributed by atoms with E-state index in [0.29, 0.717) is 0 Å². The Morgan fingerprint density at radius 3 is 2.17 bits per heavy atom. The average molecular weight is 83.2 g/mol. The second-order valence-corrected chi connectivity index (χ2v) is 1.60. The predicted octanol–water partition coefficient (Wildman–Crippen LogP) is 2.17. The van der Waals surface area contributed by atoms with Crippen LogP contribution in [0.25, 0.3) is 0 Å². The van der Waals surface area contributed by atoms with Gasteiger partial charge in [-0.2, -0.15) is 0 Å². The summed E-state index contributed by atoms with van der Waals surface area (Å²) in [5.74, 6) is 0. The SMILES string of the molecule is [CH+]=C(C)CCC. The molecular weight excluding hydrogens is 72.1 g/mol. The van der Waals surface area contributed by atoms with Gasteiger partial charge in [-0.1, -0.05) is 6.92 Å². The molecule has 0 spiro atoms. The number of hydrogen-bond acceptors (Lipinski definition) is 0. The molecule has 0 aromatic carbocycles. The lowest BCUT2D eigenvalue weighted by Gasteiger charge is -1.77. The van der Waals surface area contributed by atoms with E-state index in [-0.39, 0.29) is 0 Å². The van der Waals surface area contributed by atoms with Crippen LogP contribution in [-0.2, 0) is 0 Å². The van der Waals surface area contributed by atoms with Crippen LogP contribution in [0.1, 0.15) is 26.7 Å². The Morgan fingerprint density at radius 2 is 2.17 bits per heavy atom. The lowest BCUT2D eigenvalue weighted by molar-refractivity contribution is 0.907. The van der Waals surface area contributed by atoms with Gasteiger partial charge in [0.15, 0.2) is 5.57 Å². The number of rotatable bonds is 2. The lowest BCUT2D eigenvalue weighted by Crippen LogP contribution is -1.67. The zero-order chi connectivity index (χ0) is 4.99. The molecule has 0 aromatic rings. The van der Waals surface area contributed by atoms with Gasteiger partial charge in [0.1, 0.15) is 0 Å². The first kappa shape index (κ1) is 5.65. The molecule has 34 valence electrons. The lowest BCUT2D eigenvalue weighted by atomic mass is 10.2. The molecule has 0 atom stereocenters. The van der Waals surface area contributed by atoms with Crippen molar-refractivity contribution in [2.75, 3.05) is 0 Å². The molecule has 0 heteroatoms. The topological polar surface area (TPSA) is 0 Å². The molecule has 0 saturated carbocycles. The molecule has 0 N–H and O–H groups in total. The van der Waals surface area contributed by atoms with Crippen molar-refractivity contribution >= 4 is 0 Å². The van der Waals surface area contributed by atoms with Crippen LogP contribution in [0.4, 0.5) is 0 Å². The van der Waals surface area contributed by atoms with E-state index in [1.165, 1.54) is 6.42 Å². The maximum absolute atomic E-state index is 5.32. The van der Waals surface area contributed by atoms with Crippen LogP contribution in [0.5, 0.6) is 0 Å². The maximum atomic E-state index is 5.32. The third-order valence-corrected chi connectivity index (χ3v) is 0.644. The molecule has 0 rings (SSSR count). The highest BCUT2D eigenvalue weighted by Gasteiger charge is 1.87. The van der Waals surface area contributed by atoms with Crippen LogP contribution in [0.15, 0.2) is 5.57 Å². The maximum Gasteiger partial charge on any atom is 0.204 e.